The van der Waals surface area contributed by atoms with E-state index in [-0.39, 0.29) is 21.9 Å². The van der Waals surface area contributed by atoms with Crippen LogP contribution in [0.2, 0.25) is 0 Å². The second-order valence-corrected chi connectivity index (χ2v) is 8.06. The number of nitrogens with one attached hydrogen (secondary N) is 1. The molecule has 1 aliphatic rings. The van der Waals surface area contributed by atoms with Crippen LogP contribution < -0.4 is 5.32 Å². The molecule has 1 fully saturated rings. The van der Waals surface area contributed by atoms with E-state index < -0.39 is 0 Å². The van der Waals surface area contributed by atoms with Gasteiger partial charge in [-0.15, -0.1) is 11.8 Å². The third-order valence-electron chi connectivity index (χ3n) is 3.91. The highest BCUT2D eigenvalue weighted by atomic mass is 32.2. The maximum absolute atomic E-state index is 12.3. The van der Waals surface area contributed by atoms with Gasteiger partial charge in [0.05, 0.1) is 5.25 Å². The van der Waals surface area contributed by atoms with Gasteiger partial charge in [-0.2, -0.15) is 0 Å². The maximum Gasteiger partial charge on any atom is 0.236 e. The zero-order valence-electron chi connectivity index (χ0n) is 13.6. The summed E-state index contributed by atoms with van der Waals surface area (Å²) in [5.74, 6) is 0.250. The summed E-state index contributed by atoms with van der Waals surface area (Å²) in [5, 5.41) is 3.33. The zero-order chi connectivity index (χ0) is 15.6. The molecular formula is C17H26N2OS. The second kappa shape index (κ2) is 6.41. The zero-order valence-corrected chi connectivity index (χ0v) is 14.5. The smallest absolute Gasteiger partial charge is 0.236 e. The normalized spacial score (nSPS) is 22.9. The van der Waals surface area contributed by atoms with Gasteiger partial charge in [0.25, 0.3) is 0 Å². The largest absolute Gasteiger partial charge is 0.324 e. The van der Waals surface area contributed by atoms with Gasteiger partial charge in [0.2, 0.25) is 5.91 Å². The Balaban J connectivity index is 2.21. The molecule has 21 heavy (non-hydrogen) atoms. The SMILES string of the molecule is CNCCN1C(=O)[C@@H](C)S[C@H]1c1ccc(C(C)(C)C)cc1. The van der Waals surface area contributed by atoms with Crippen molar-refractivity contribution < 1.29 is 4.79 Å². The predicted octanol–water partition coefficient (Wildman–Crippen LogP) is 3.17. The number of benzene rings is 1. The van der Waals surface area contributed by atoms with Crippen molar-refractivity contribution in [2.24, 2.45) is 0 Å². The number of nitrogens with zero attached hydrogens (tertiary/aromatic N) is 1. The van der Waals surface area contributed by atoms with E-state index in [1.54, 1.807) is 11.8 Å². The molecule has 1 heterocycles. The first-order valence-corrected chi connectivity index (χ1v) is 8.50. The van der Waals surface area contributed by atoms with E-state index in [1.807, 2.05) is 18.9 Å². The van der Waals surface area contributed by atoms with Crippen molar-refractivity contribution >= 4 is 17.7 Å². The number of amides is 1. The van der Waals surface area contributed by atoms with Crippen LogP contribution in [0.1, 0.15) is 44.2 Å². The molecule has 1 N–H and O–H groups in total. The number of hydrogen-bond donors (Lipinski definition) is 1. The minimum atomic E-state index is 0.0501. The molecule has 0 bridgehead atoms. The van der Waals surface area contributed by atoms with Crippen molar-refractivity contribution in [3.63, 3.8) is 0 Å². The number of rotatable bonds is 4. The van der Waals surface area contributed by atoms with E-state index in [1.165, 1.54) is 11.1 Å². The van der Waals surface area contributed by atoms with Crippen molar-refractivity contribution in [1.29, 1.82) is 0 Å². The quantitative estimate of drug-likeness (QED) is 0.927. The molecule has 1 aromatic rings. The third-order valence-corrected chi connectivity index (χ3v) is 5.31. The minimum absolute atomic E-state index is 0.0501. The Morgan fingerprint density at radius 2 is 1.86 bits per heavy atom. The Hall–Kier alpha value is -1.00. The molecule has 0 aliphatic carbocycles. The molecular weight excluding hydrogens is 280 g/mol. The highest BCUT2D eigenvalue weighted by Crippen LogP contribution is 2.42. The summed E-state index contributed by atoms with van der Waals surface area (Å²) in [5.41, 5.74) is 2.72. The van der Waals surface area contributed by atoms with Crippen LogP contribution in [0.25, 0.3) is 0 Å². The van der Waals surface area contributed by atoms with Gasteiger partial charge in [-0.25, -0.2) is 0 Å². The van der Waals surface area contributed by atoms with E-state index in [4.69, 9.17) is 0 Å². The van der Waals surface area contributed by atoms with Crippen LogP contribution in [0.15, 0.2) is 24.3 Å². The first-order valence-electron chi connectivity index (χ1n) is 7.55. The highest BCUT2D eigenvalue weighted by molar-refractivity contribution is 8.01. The summed E-state index contributed by atoms with van der Waals surface area (Å²) >= 11 is 1.75. The van der Waals surface area contributed by atoms with Crippen molar-refractivity contribution in [3.05, 3.63) is 35.4 Å². The molecule has 2 rings (SSSR count). The predicted molar refractivity (Wildman–Crippen MR) is 90.6 cm³/mol. The first kappa shape index (κ1) is 16.4. The van der Waals surface area contributed by atoms with Gasteiger partial charge in [0.15, 0.2) is 0 Å². The Labute approximate surface area is 132 Å². The molecule has 0 radical (unpaired) electrons. The van der Waals surface area contributed by atoms with E-state index >= 15 is 0 Å². The fourth-order valence-corrected chi connectivity index (χ4v) is 3.85. The molecule has 1 aromatic carbocycles. The van der Waals surface area contributed by atoms with Gasteiger partial charge in [0.1, 0.15) is 5.37 Å². The number of hydrogen-bond acceptors (Lipinski definition) is 3. The number of carbonyl (C=O) groups excluding carboxylic acids is 1. The number of likely N-dealkylation sites (N-methyl/N-ethyl adjacent to an activating group) is 1. The van der Waals surface area contributed by atoms with Gasteiger partial charge in [-0.1, -0.05) is 45.0 Å². The van der Waals surface area contributed by atoms with Gasteiger partial charge < -0.3 is 10.2 Å². The Kier molecular flexibility index (Phi) is 4.99. The molecule has 116 valence electrons. The monoisotopic (exact) mass is 306 g/mol. The van der Waals surface area contributed by atoms with Gasteiger partial charge in [-0.05, 0) is 30.5 Å². The van der Waals surface area contributed by atoms with Crippen LogP contribution in [0.5, 0.6) is 0 Å². The Morgan fingerprint density at radius 1 is 1.24 bits per heavy atom. The fraction of sp³-hybridized carbons (Fsp3) is 0.588. The van der Waals surface area contributed by atoms with Gasteiger partial charge in [-0.3, -0.25) is 4.79 Å². The molecule has 0 saturated carbocycles. The molecule has 4 heteroatoms. The number of thioether (sulfide) groups is 1. The lowest BCUT2D eigenvalue weighted by Crippen LogP contribution is -2.35. The molecule has 0 unspecified atom stereocenters. The average molecular weight is 306 g/mol. The summed E-state index contributed by atoms with van der Waals surface area (Å²) in [6.45, 7) is 10.3. The van der Waals surface area contributed by atoms with Crippen LogP contribution in [0.4, 0.5) is 0 Å². The van der Waals surface area contributed by atoms with Crippen molar-refractivity contribution in [2.45, 2.75) is 43.7 Å². The molecule has 1 saturated heterocycles. The van der Waals surface area contributed by atoms with Gasteiger partial charge in [0, 0.05) is 13.1 Å². The average Bonchev–Trinajstić information content (AvgIpc) is 2.72. The minimum Gasteiger partial charge on any atom is -0.324 e. The van der Waals surface area contributed by atoms with Crippen LogP contribution in [-0.4, -0.2) is 36.2 Å². The topological polar surface area (TPSA) is 32.3 Å². The standard InChI is InChI=1S/C17H26N2OS/c1-12-15(20)19(11-10-18-5)16(21-12)13-6-8-14(9-7-13)17(2,3)4/h6-9,12,16,18H,10-11H2,1-5H3/t12-,16+/m1/s1. The van der Waals surface area contributed by atoms with E-state index in [2.05, 4.69) is 50.4 Å². The first-order chi connectivity index (χ1) is 9.84. The molecule has 0 aromatic heterocycles. The molecule has 0 spiro atoms. The van der Waals surface area contributed by atoms with Gasteiger partial charge >= 0.3 is 0 Å². The Bertz CT molecular complexity index is 493. The molecule has 1 aliphatic heterocycles. The van der Waals surface area contributed by atoms with Crippen LogP contribution >= 0.6 is 11.8 Å². The Morgan fingerprint density at radius 3 is 2.38 bits per heavy atom. The summed E-state index contributed by atoms with van der Waals surface area (Å²) in [4.78, 5) is 14.3. The van der Waals surface area contributed by atoms with Crippen LogP contribution in [0.3, 0.4) is 0 Å². The molecule has 2 atom stereocenters. The summed E-state index contributed by atoms with van der Waals surface area (Å²) in [6.07, 6.45) is 0. The van der Waals surface area contributed by atoms with E-state index in [9.17, 15) is 4.79 Å². The number of carbonyl (C=O) groups is 1. The lowest BCUT2D eigenvalue weighted by molar-refractivity contribution is -0.129. The second-order valence-electron chi connectivity index (χ2n) is 6.64. The van der Waals surface area contributed by atoms with Crippen molar-refractivity contribution in [2.75, 3.05) is 20.1 Å². The van der Waals surface area contributed by atoms with E-state index in [0.717, 1.165) is 13.1 Å². The third kappa shape index (κ3) is 3.61. The van der Waals surface area contributed by atoms with Crippen molar-refractivity contribution in [1.82, 2.24) is 10.2 Å². The summed E-state index contributed by atoms with van der Waals surface area (Å²) in [7, 11) is 1.92. The van der Waals surface area contributed by atoms with Crippen LogP contribution in [0, 0.1) is 0 Å². The maximum atomic E-state index is 12.3. The summed E-state index contributed by atoms with van der Waals surface area (Å²) in [6, 6.07) is 8.74. The molecule has 1 amide bonds. The lowest BCUT2D eigenvalue weighted by Gasteiger charge is -2.25. The van der Waals surface area contributed by atoms with E-state index in [0.29, 0.717) is 0 Å². The highest BCUT2D eigenvalue weighted by Gasteiger charge is 2.37. The van der Waals surface area contributed by atoms with Crippen molar-refractivity contribution in [3.8, 4) is 0 Å². The summed E-state index contributed by atoms with van der Waals surface area (Å²) < 4.78 is 0. The van der Waals surface area contributed by atoms with Crippen LogP contribution in [-0.2, 0) is 10.2 Å². The molecule has 3 nitrogen and oxygen atoms in total. The fourth-order valence-electron chi connectivity index (χ4n) is 2.54. The lowest BCUT2D eigenvalue weighted by atomic mass is 9.86.